The van der Waals surface area contributed by atoms with Crippen molar-refractivity contribution in [1.82, 2.24) is 10.6 Å². The second-order valence-corrected chi connectivity index (χ2v) is 6.92. The molecule has 0 aliphatic carbocycles. The maximum absolute atomic E-state index is 9.61. The second-order valence-electron chi connectivity index (χ2n) is 6.92. The van der Waals surface area contributed by atoms with Gasteiger partial charge in [0, 0.05) is 25.7 Å². The van der Waals surface area contributed by atoms with Crippen molar-refractivity contribution in [1.29, 1.82) is 5.26 Å². The number of piperidine rings is 1. The van der Waals surface area contributed by atoms with E-state index < -0.39 is 0 Å². The van der Waals surface area contributed by atoms with Gasteiger partial charge in [-0.2, -0.15) is 5.26 Å². The van der Waals surface area contributed by atoms with Crippen molar-refractivity contribution >= 4 is 35.6 Å². The van der Waals surface area contributed by atoms with Crippen LogP contribution in [0.1, 0.15) is 30.9 Å². The van der Waals surface area contributed by atoms with Crippen LogP contribution in [0.5, 0.6) is 5.75 Å². The maximum atomic E-state index is 9.61. The molecule has 2 aromatic rings. The Bertz CT molecular complexity index is 864. The third kappa shape index (κ3) is 6.53. The minimum absolute atomic E-state index is 0. The first-order valence-electron chi connectivity index (χ1n) is 9.76. The van der Waals surface area contributed by atoms with Gasteiger partial charge < -0.3 is 20.6 Å². The Labute approximate surface area is 189 Å². The first-order valence-corrected chi connectivity index (χ1v) is 9.76. The molecule has 0 amide bonds. The largest absolute Gasteiger partial charge is 0.508 e. The van der Waals surface area contributed by atoms with Crippen LogP contribution in [-0.4, -0.2) is 36.7 Å². The van der Waals surface area contributed by atoms with Crippen molar-refractivity contribution < 1.29 is 5.11 Å². The number of benzene rings is 2. The van der Waals surface area contributed by atoms with E-state index in [2.05, 4.69) is 26.6 Å². The predicted molar refractivity (Wildman–Crippen MR) is 128 cm³/mol. The van der Waals surface area contributed by atoms with E-state index in [1.165, 1.54) is 0 Å². The van der Waals surface area contributed by atoms with E-state index in [1.807, 2.05) is 43.3 Å². The van der Waals surface area contributed by atoms with Gasteiger partial charge in [0.1, 0.15) is 11.8 Å². The number of aromatic hydroxyl groups is 1. The highest BCUT2D eigenvalue weighted by molar-refractivity contribution is 14.0. The number of phenolic OH excluding ortho intramolecular Hbond substituents is 1. The molecule has 154 valence electrons. The molecular weight excluding hydrogens is 477 g/mol. The van der Waals surface area contributed by atoms with Gasteiger partial charge in [-0.3, -0.25) is 0 Å². The summed E-state index contributed by atoms with van der Waals surface area (Å²) in [4.78, 5) is 6.94. The molecule has 1 unspecified atom stereocenters. The summed E-state index contributed by atoms with van der Waals surface area (Å²) in [6, 6.07) is 17.5. The molecule has 29 heavy (non-hydrogen) atoms. The summed E-state index contributed by atoms with van der Waals surface area (Å²) < 4.78 is 0. The van der Waals surface area contributed by atoms with Crippen molar-refractivity contribution in [2.75, 3.05) is 24.5 Å². The number of anilines is 1. The number of nitriles is 1. The Morgan fingerprint density at radius 3 is 2.86 bits per heavy atom. The number of para-hydroxylation sites is 1. The van der Waals surface area contributed by atoms with Crippen molar-refractivity contribution in [2.45, 2.75) is 32.4 Å². The Hall–Kier alpha value is -2.47. The van der Waals surface area contributed by atoms with Gasteiger partial charge in [-0.1, -0.05) is 24.3 Å². The predicted octanol–water partition coefficient (Wildman–Crippen LogP) is 3.61. The molecule has 3 N–H and O–H groups in total. The van der Waals surface area contributed by atoms with Crippen LogP contribution in [0.15, 0.2) is 53.5 Å². The number of nitrogens with one attached hydrogen (secondary N) is 2. The Kier molecular flexibility index (Phi) is 9.06. The first-order chi connectivity index (χ1) is 13.7. The normalized spacial score (nSPS) is 16.5. The van der Waals surface area contributed by atoms with Crippen LogP contribution in [0, 0.1) is 11.3 Å². The van der Waals surface area contributed by atoms with E-state index in [0.717, 1.165) is 49.7 Å². The maximum Gasteiger partial charge on any atom is 0.191 e. The molecule has 2 aromatic carbocycles. The summed E-state index contributed by atoms with van der Waals surface area (Å²) >= 11 is 0. The van der Waals surface area contributed by atoms with E-state index in [1.54, 1.807) is 12.1 Å². The Morgan fingerprint density at radius 1 is 1.28 bits per heavy atom. The SMILES string of the molecule is CCNC(=NCc1cccc(O)c1)NC1CCCN(c2ccccc2C#N)C1.I. The van der Waals surface area contributed by atoms with E-state index in [4.69, 9.17) is 0 Å². The zero-order valence-corrected chi connectivity index (χ0v) is 19.0. The van der Waals surface area contributed by atoms with Crippen LogP contribution < -0.4 is 15.5 Å². The zero-order chi connectivity index (χ0) is 19.8. The highest BCUT2D eigenvalue weighted by atomic mass is 127. The Morgan fingerprint density at radius 2 is 2.10 bits per heavy atom. The van der Waals surface area contributed by atoms with Crippen LogP contribution in [0.4, 0.5) is 5.69 Å². The summed E-state index contributed by atoms with van der Waals surface area (Å²) in [5, 5.41) is 25.8. The van der Waals surface area contributed by atoms with E-state index >= 15 is 0 Å². The monoisotopic (exact) mass is 505 g/mol. The molecule has 1 aliphatic rings. The topological polar surface area (TPSA) is 83.7 Å². The number of rotatable bonds is 5. The fraction of sp³-hybridized carbons (Fsp3) is 0.364. The van der Waals surface area contributed by atoms with Crippen LogP contribution in [-0.2, 0) is 6.54 Å². The lowest BCUT2D eigenvalue weighted by molar-refractivity contribution is 0.467. The number of phenols is 1. The smallest absolute Gasteiger partial charge is 0.191 e. The molecule has 1 heterocycles. The summed E-state index contributed by atoms with van der Waals surface area (Å²) in [7, 11) is 0. The summed E-state index contributed by atoms with van der Waals surface area (Å²) in [5.74, 6) is 1.02. The summed E-state index contributed by atoms with van der Waals surface area (Å²) in [6.45, 7) is 5.10. The number of nitrogens with zero attached hydrogens (tertiary/aromatic N) is 3. The van der Waals surface area contributed by atoms with Crippen LogP contribution in [0.25, 0.3) is 0 Å². The summed E-state index contributed by atoms with van der Waals surface area (Å²) in [5.41, 5.74) is 2.68. The van der Waals surface area contributed by atoms with Gasteiger partial charge in [0.05, 0.1) is 17.8 Å². The zero-order valence-electron chi connectivity index (χ0n) is 16.6. The molecular formula is C22H28IN5O. The molecule has 0 saturated carbocycles. The fourth-order valence-electron chi connectivity index (χ4n) is 3.50. The molecule has 6 nitrogen and oxygen atoms in total. The molecule has 0 aromatic heterocycles. The molecule has 1 fully saturated rings. The minimum atomic E-state index is 0. The van der Waals surface area contributed by atoms with Crippen LogP contribution in [0.2, 0.25) is 0 Å². The van der Waals surface area contributed by atoms with Gasteiger partial charge >= 0.3 is 0 Å². The van der Waals surface area contributed by atoms with Gasteiger partial charge in [0.2, 0.25) is 0 Å². The number of halogens is 1. The standard InChI is InChI=1S/C22H27N5O.HI/c1-2-24-22(25-15-17-7-5-10-20(28)13-17)26-19-9-6-12-27(16-19)21-11-4-3-8-18(21)14-23;/h3-5,7-8,10-11,13,19,28H,2,6,9,12,15-16H2,1H3,(H2,24,25,26);1H. The van der Waals surface area contributed by atoms with Crippen LogP contribution >= 0.6 is 24.0 Å². The second kappa shape index (κ2) is 11.5. The molecule has 3 rings (SSSR count). The average molecular weight is 505 g/mol. The third-order valence-corrected chi connectivity index (χ3v) is 4.80. The van der Waals surface area contributed by atoms with Crippen molar-refractivity contribution in [2.24, 2.45) is 4.99 Å². The first kappa shape index (κ1) is 22.8. The Balaban J connectivity index is 0.00000300. The highest BCUT2D eigenvalue weighted by Gasteiger charge is 2.22. The number of hydrogen-bond donors (Lipinski definition) is 3. The van der Waals surface area contributed by atoms with Crippen molar-refractivity contribution in [3.05, 3.63) is 59.7 Å². The number of guanidine groups is 1. The molecule has 1 aliphatic heterocycles. The van der Waals surface area contributed by atoms with E-state index in [9.17, 15) is 10.4 Å². The quantitative estimate of drug-likeness (QED) is 0.329. The van der Waals surface area contributed by atoms with Crippen molar-refractivity contribution in [3.8, 4) is 11.8 Å². The molecule has 0 bridgehead atoms. The number of hydrogen-bond acceptors (Lipinski definition) is 4. The molecule has 0 radical (unpaired) electrons. The van der Waals surface area contributed by atoms with E-state index in [0.29, 0.717) is 12.1 Å². The number of aliphatic imine (C=N–C) groups is 1. The molecule has 1 saturated heterocycles. The molecule has 0 spiro atoms. The lowest BCUT2D eigenvalue weighted by Gasteiger charge is -2.35. The van der Waals surface area contributed by atoms with Gasteiger partial charge in [0.15, 0.2) is 5.96 Å². The summed E-state index contributed by atoms with van der Waals surface area (Å²) in [6.07, 6.45) is 2.12. The van der Waals surface area contributed by atoms with Crippen LogP contribution in [0.3, 0.4) is 0 Å². The van der Waals surface area contributed by atoms with Gasteiger partial charge in [-0.05, 0) is 49.6 Å². The van der Waals surface area contributed by atoms with Gasteiger partial charge in [0.25, 0.3) is 0 Å². The van der Waals surface area contributed by atoms with Gasteiger partial charge in [-0.15, -0.1) is 24.0 Å². The lowest BCUT2D eigenvalue weighted by Crippen LogP contribution is -2.51. The third-order valence-electron chi connectivity index (χ3n) is 4.80. The lowest BCUT2D eigenvalue weighted by atomic mass is 10.0. The minimum Gasteiger partial charge on any atom is -0.508 e. The van der Waals surface area contributed by atoms with E-state index in [-0.39, 0.29) is 35.8 Å². The van der Waals surface area contributed by atoms with Crippen molar-refractivity contribution in [3.63, 3.8) is 0 Å². The highest BCUT2D eigenvalue weighted by Crippen LogP contribution is 2.23. The fourth-order valence-corrected chi connectivity index (χ4v) is 3.50. The average Bonchev–Trinajstić information content (AvgIpc) is 2.72. The molecule has 7 heteroatoms. The molecule has 1 atom stereocenters. The van der Waals surface area contributed by atoms with Gasteiger partial charge in [-0.25, -0.2) is 4.99 Å².